The molecule has 0 aromatic carbocycles. The Bertz CT molecular complexity index is 197. The minimum atomic E-state index is -0.750. The molecular formula is C10H21NO2S. The van der Waals surface area contributed by atoms with Gasteiger partial charge in [-0.15, -0.1) is 0 Å². The van der Waals surface area contributed by atoms with Gasteiger partial charge in [-0.2, -0.15) is 0 Å². The average Bonchev–Trinajstić information content (AvgIpc) is 2.48. The summed E-state index contributed by atoms with van der Waals surface area (Å²) >= 11 is 0. The third kappa shape index (κ3) is 4.53. The molecule has 1 fully saturated rings. The van der Waals surface area contributed by atoms with Crippen molar-refractivity contribution in [2.45, 2.75) is 51.4 Å². The first kappa shape index (κ1) is 12.1. The van der Waals surface area contributed by atoms with Crippen LogP contribution in [0.2, 0.25) is 0 Å². The monoisotopic (exact) mass is 219 g/mol. The highest BCUT2D eigenvalue weighted by atomic mass is 32.2. The quantitative estimate of drug-likeness (QED) is 0.751. The van der Waals surface area contributed by atoms with E-state index in [1.165, 1.54) is 0 Å². The Balaban J connectivity index is 2.14. The van der Waals surface area contributed by atoms with Crippen molar-refractivity contribution >= 4 is 10.8 Å². The number of hydrogen-bond donors (Lipinski definition) is 1. The Morgan fingerprint density at radius 1 is 1.57 bits per heavy atom. The van der Waals surface area contributed by atoms with E-state index < -0.39 is 10.8 Å². The summed E-state index contributed by atoms with van der Waals surface area (Å²) in [6.07, 6.45) is 3.58. The zero-order valence-corrected chi connectivity index (χ0v) is 9.89. The fraction of sp³-hybridized carbons (Fsp3) is 1.00. The van der Waals surface area contributed by atoms with Crippen LogP contribution in [0.5, 0.6) is 0 Å². The van der Waals surface area contributed by atoms with Gasteiger partial charge in [-0.05, 0) is 33.1 Å². The molecule has 0 aliphatic carbocycles. The molecule has 1 aliphatic rings. The van der Waals surface area contributed by atoms with Crippen molar-refractivity contribution in [3.63, 3.8) is 0 Å². The van der Waals surface area contributed by atoms with Gasteiger partial charge in [-0.25, -0.2) is 0 Å². The molecule has 4 atom stereocenters. The number of nitrogens with two attached hydrogens (primary N) is 1. The number of rotatable bonds is 5. The second kappa shape index (κ2) is 5.83. The normalized spacial score (nSPS) is 31.6. The molecule has 1 saturated heterocycles. The lowest BCUT2D eigenvalue weighted by molar-refractivity contribution is 0.0695. The van der Waals surface area contributed by atoms with Crippen LogP contribution in [-0.4, -0.2) is 34.0 Å². The first-order valence-corrected chi connectivity index (χ1v) is 6.82. The predicted octanol–water partition coefficient (Wildman–Crippen LogP) is 1.04. The smallest absolute Gasteiger partial charge is 0.0694 e. The van der Waals surface area contributed by atoms with E-state index >= 15 is 0 Å². The zero-order chi connectivity index (χ0) is 10.6. The third-order valence-electron chi connectivity index (χ3n) is 2.49. The Hall–Kier alpha value is 0.0700. The Morgan fingerprint density at radius 2 is 2.29 bits per heavy atom. The number of ether oxygens (including phenoxy) is 1. The standard InChI is InChI=1S/C10H21NO2S/c1-8(11)5-6-14(12)7-10-4-3-9(2)13-10/h8-10H,3-7,11H2,1-2H3. The van der Waals surface area contributed by atoms with Crippen molar-refractivity contribution < 1.29 is 8.95 Å². The van der Waals surface area contributed by atoms with Gasteiger partial charge in [0.2, 0.25) is 0 Å². The maximum absolute atomic E-state index is 11.6. The van der Waals surface area contributed by atoms with Crippen LogP contribution in [-0.2, 0) is 15.5 Å². The Kier molecular flexibility index (Phi) is 5.06. The third-order valence-corrected chi connectivity index (χ3v) is 3.93. The first-order chi connectivity index (χ1) is 6.58. The lowest BCUT2D eigenvalue weighted by Gasteiger charge is -2.11. The molecule has 84 valence electrons. The number of hydrogen-bond acceptors (Lipinski definition) is 3. The molecule has 3 nitrogen and oxygen atoms in total. The van der Waals surface area contributed by atoms with Gasteiger partial charge >= 0.3 is 0 Å². The van der Waals surface area contributed by atoms with Gasteiger partial charge < -0.3 is 10.5 Å². The maximum atomic E-state index is 11.6. The van der Waals surface area contributed by atoms with Gasteiger partial charge in [0.15, 0.2) is 0 Å². The summed E-state index contributed by atoms with van der Waals surface area (Å²) in [4.78, 5) is 0. The van der Waals surface area contributed by atoms with E-state index in [0.29, 0.717) is 17.6 Å². The minimum absolute atomic E-state index is 0.155. The molecule has 0 radical (unpaired) electrons. The highest BCUT2D eigenvalue weighted by Gasteiger charge is 2.23. The van der Waals surface area contributed by atoms with Crippen molar-refractivity contribution in [1.82, 2.24) is 0 Å². The molecule has 14 heavy (non-hydrogen) atoms. The molecule has 2 N–H and O–H groups in total. The van der Waals surface area contributed by atoms with Crippen LogP contribution < -0.4 is 5.73 Å². The van der Waals surface area contributed by atoms with Gasteiger partial charge in [0.05, 0.1) is 12.2 Å². The van der Waals surface area contributed by atoms with Crippen LogP contribution in [0.25, 0.3) is 0 Å². The molecule has 0 spiro atoms. The molecule has 0 aromatic heterocycles. The van der Waals surface area contributed by atoms with Crippen molar-refractivity contribution in [2.24, 2.45) is 5.73 Å². The lowest BCUT2D eigenvalue weighted by Crippen LogP contribution is -2.22. The summed E-state index contributed by atoms with van der Waals surface area (Å²) in [6.45, 7) is 4.02. The zero-order valence-electron chi connectivity index (χ0n) is 9.07. The predicted molar refractivity (Wildman–Crippen MR) is 59.7 cm³/mol. The van der Waals surface area contributed by atoms with Crippen molar-refractivity contribution in [1.29, 1.82) is 0 Å². The molecule has 0 saturated carbocycles. The molecule has 0 bridgehead atoms. The second-order valence-electron chi connectivity index (χ2n) is 4.22. The van der Waals surface area contributed by atoms with Gasteiger partial charge in [0, 0.05) is 28.3 Å². The lowest BCUT2D eigenvalue weighted by atomic mass is 10.2. The van der Waals surface area contributed by atoms with Crippen LogP contribution in [0.3, 0.4) is 0 Å². The van der Waals surface area contributed by atoms with E-state index in [-0.39, 0.29) is 12.1 Å². The van der Waals surface area contributed by atoms with Crippen LogP contribution in [0.15, 0.2) is 0 Å². The Morgan fingerprint density at radius 3 is 2.79 bits per heavy atom. The molecule has 4 unspecified atom stereocenters. The highest BCUT2D eigenvalue weighted by Crippen LogP contribution is 2.19. The SMILES string of the molecule is CC(N)CCS(=O)CC1CCC(C)O1. The molecule has 0 aromatic rings. The summed E-state index contributed by atoms with van der Waals surface area (Å²) in [5.74, 6) is 1.41. The molecule has 1 rings (SSSR count). The average molecular weight is 219 g/mol. The van der Waals surface area contributed by atoms with E-state index in [9.17, 15) is 4.21 Å². The minimum Gasteiger partial charge on any atom is -0.374 e. The van der Waals surface area contributed by atoms with Crippen LogP contribution in [0, 0.1) is 0 Å². The summed E-state index contributed by atoms with van der Waals surface area (Å²) in [6, 6.07) is 0.155. The van der Waals surface area contributed by atoms with Crippen LogP contribution >= 0.6 is 0 Å². The van der Waals surface area contributed by atoms with Crippen LogP contribution in [0.1, 0.15) is 33.1 Å². The van der Waals surface area contributed by atoms with Crippen molar-refractivity contribution in [3.8, 4) is 0 Å². The topological polar surface area (TPSA) is 52.3 Å². The molecular weight excluding hydrogens is 198 g/mol. The van der Waals surface area contributed by atoms with Crippen molar-refractivity contribution in [3.05, 3.63) is 0 Å². The molecule has 4 heteroatoms. The fourth-order valence-corrected chi connectivity index (χ4v) is 3.08. The maximum Gasteiger partial charge on any atom is 0.0694 e. The fourth-order valence-electron chi connectivity index (χ4n) is 1.62. The van der Waals surface area contributed by atoms with E-state index in [0.717, 1.165) is 19.3 Å². The van der Waals surface area contributed by atoms with Gasteiger partial charge in [0.25, 0.3) is 0 Å². The van der Waals surface area contributed by atoms with Gasteiger partial charge in [-0.3, -0.25) is 4.21 Å². The first-order valence-electron chi connectivity index (χ1n) is 5.34. The summed E-state index contributed by atoms with van der Waals surface area (Å²) in [5, 5.41) is 0. The molecule has 1 aliphatic heterocycles. The highest BCUT2D eigenvalue weighted by molar-refractivity contribution is 7.85. The van der Waals surface area contributed by atoms with Crippen molar-refractivity contribution in [2.75, 3.05) is 11.5 Å². The van der Waals surface area contributed by atoms with E-state index in [4.69, 9.17) is 10.5 Å². The van der Waals surface area contributed by atoms with Gasteiger partial charge in [-0.1, -0.05) is 0 Å². The van der Waals surface area contributed by atoms with E-state index in [2.05, 4.69) is 6.92 Å². The second-order valence-corrected chi connectivity index (χ2v) is 5.84. The van der Waals surface area contributed by atoms with Gasteiger partial charge in [0.1, 0.15) is 0 Å². The largest absolute Gasteiger partial charge is 0.374 e. The van der Waals surface area contributed by atoms with E-state index in [1.807, 2.05) is 6.92 Å². The summed E-state index contributed by atoms with van der Waals surface area (Å²) in [7, 11) is -0.750. The summed E-state index contributed by atoms with van der Waals surface area (Å²) in [5.41, 5.74) is 5.61. The molecule has 1 heterocycles. The summed E-state index contributed by atoms with van der Waals surface area (Å²) < 4.78 is 17.2. The molecule has 0 amide bonds. The van der Waals surface area contributed by atoms with E-state index in [1.54, 1.807) is 0 Å². The van der Waals surface area contributed by atoms with Crippen LogP contribution in [0.4, 0.5) is 0 Å². The Labute approximate surface area is 88.8 Å².